The van der Waals surface area contributed by atoms with Crippen LogP contribution in [0, 0.1) is 0 Å². The molecule has 0 aliphatic carbocycles. The molecule has 0 aliphatic heterocycles. The highest BCUT2D eigenvalue weighted by molar-refractivity contribution is 7.99. The highest BCUT2D eigenvalue weighted by Crippen LogP contribution is 2.16. The van der Waals surface area contributed by atoms with Gasteiger partial charge in [0.15, 0.2) is 0 Å². The number of amides is 6. The van der Waals surface area contributed by atoms with Crippen LogP contribution in [0.2, 0.25) is 0 Å². The highest BCUT2D eigenvalue weighted by Gasteiger charge is 2.32. The van der Waals surface area contributed by atoms with Gasteiger partial charge >= 0.3 is 12.1 Å². The van der Waals surface area contributed by atoms with Crippen LogP contribution in [0.25, 0.3) is 0 Å². The van der Waals surface area contributed by atoms with Gasteiger partial charge in [-0.25, -0.2) is 9.59 Å². The summed E-state index contributed by atoms with van der Waals surface area (Å²) in [6, 6.07) is -6.21. The number of carbonyl (C=O) groups excluding carboxylic acids is 6. The number of aliphatic hydroxyl groups excluding tert-OH is 1. The molecule has 0 bridgehead atoms. The third-order valence-electron chi connectivity index (χ3n) is 14.2. The van der Waals surface area contributed by atoms with Gasteiger partial charge in [0.2, 0.25) is 29.5 Å². The monoisotopic (exact) mass is 1140 g/mol. The molecule has 0 aromatic heterocycles. The van der Waals surface area contributed by atoms with E-state index in [1.807, 2.05) is 0 Å². The Morgan fingerprint density at radius 3 is 1.19 bits per heavy atom. The minimum atomic E-state index is -1.52. The summed E-state index contributed by atoms with van der Waals surface area (Å²) in [6.07, 6.45) is 35.4. The van der Waals surface area contributed by atoms with Crippen molar-refractivity contribution in [2.45, 2.75) is 282 Å². The number of rotatable bonds is 57. The lowest BCUT2D eigenvalue weighted by molar-refractivity contribution is -0.142. The van der Waals surface area contributed by atoms with Gasteiger partial charge in [0.25, 0.3) is 0 Å². The average molecular weight is 1140 g/mol. The predicted molar refractivity (Wildman–Crippen MR) is 320 cm³/mol. The van der Waals surface area contributed by atoms with Crippen molar-refractivity contribution in [1.29, 1.82) is 0 Å². The summed E-state index contributed by atoms with van der Waals surface area (Å²) in [7, 11) is 0. The summed E-state index contributed by atoms with van der Waals surface area (Å²) >= 11 is 1.31. The number of carboxylic acid groups (broad SMARTS) is 1. The van der Waals surface area contributed by atoms with Crippen LogP contribution in [0.1, 0.15) is 251 Å². The van der Waals surface area contributed by atoms with Crippen molar-refractivity contribution in [3.05, 3.63) is 0 Å². The third kappa shape index (κ3) is 44.6. The normalized spacial score (nSPS) is 13.1. The van der Waals surface area contributed by atoms with E-state index in [9.17, 15) is 43.8 Å². The molecule has 0 heterocycles. The second kappa shape index (κ2) is 54.8. The molecular formula is C59H115N9O10S. The van der Waals surface area contributed by atoms with Gasteiger partial charge in [-0.2, -0.15) is 11.8 Å². The molecule has 0 saturated carbocycles. The Morgan fingerprint density at radius 1 is 0.430 bits per heavy atom. The van der Waals surface area contributed by atoms with Crippen LogP contribution in [0.15, 0.2) is 0 Å². The highest BCUT2D eigenvalue weighted by atomic mass is 32.2. The van der Waals surface area contributed by atoms with Crippen LogP contribution in [0.5, 0.6) is 0 Å². The predicted octanol–water partition coefficient (Wildman–Crippen LogP) is 8.30. The SMILES string of the molecule is CCCCCCCCCCCCCCCCOC(=O)NCCSCC(NC(=O)CCCCCCCCCCCCCCC)C(=O)NC(CO)C(=O)NC(CCCCN)C(=O)NC(CCCCN)C(=O)NC(CCCCN)C(=O)O. The van der Waals surface area contributed by atoms with Crippen molar-refractivity contribution >= 4 is 53.4 Å². The number of alkyl carbamates (subject to hydrolysis) is 1. The number of ether oxygens (including phenoxy) is 1. The van der Waals surface area contributed by atoms with Crippen LogP contribution in [-0.2, 0) is 33.5 Å². The van der Waals surface area contributed by atoms with Gasteiger partial charge in [0, 0.05) is 24.5 Å². The van der Waals surface area contributed by atoms with E-state index >= 15 is 0 Å². The second-order valence-electron chi connectivity index (χ2n) is 21.5. The number of hydrogen-bond acceptors (Lipinski definition) is 13. The van der Waals surface area contributed by atoms with E-state index in [1.54, 1.807) is 0 Å². The maximum absolute atomic E-state index is 13.9. The Kier molecular flexibility index (Phi) is 52.3. The maximum Gasteiger partial charge on any atom is 0.407 e. The number of hydrogen-bond donors (Lipinski definition) is 11. The van der Waals surface area contributed by atoms with Gasteiger partial charge in [-0.1, -0.05) is 174 Å². The van der Waals surface area contributed by atoms with E-state index < -0.39 is 72.5 Å². The summed E-state index contributed by atoms with van der Waals surface area (Å²) in [6.45, 7) is 5.24. The molecule has 462 valence electrons. The van der Waals surface area contributed by atoms with Crippen molar-refractivity contribution < 1.29 is 48.5 Å². The second-order valence-corrected chi connectivity index (χ2v) is 22.6. The first-order valence-electron chi connectivity index (χ1n) is 31.3. The van der Waals surface area contributed by atoms with Gasteiger partial charge < -0.3 is 64.1 Å². The number of thioether (sulfide) groups is 1. The van der Waals surface area contributed by atoms with E-state index in [4.69, 9.17) is 21.9 Å². The first kappa shape index (κ1) is 75.3. The van der Waals surface area contributed by atoms with E-state index in [0.717, 1.165) is 38.5 Å². The largest absolute Gasteiger partial charge is 0.480 e. The van der Waals surface area contributed by atoms with Gasteiger partial charge in [-0.15, -0.1) is 0 Å². The van der Waals surface area contributed by atoms with Crippen LogP contribution in [0.3, 0.4) is 0 Å². The summed E-state index contributed by atoms with van der Waals surface area (Å²) in [5.41, 5.74) is 17.0. The summed E-state index contributed by atoms with van der Waals surface area (Å²) in [5.74, 6) is -4.09. The van der Waals surface area contributed by atoms with Crippen LogP contribution >= 0.6 is 11.8 Å². The zero-order chi connectivity index (χ0) is 58.4. The van der Waals surface area contributed by atoms with E-state index in [1.165, 1.54) is 140 Å². The number of aliphatic carboxylic acids is 1. The summed E-state index contributed by atoms with van der Waals surface area (Å²) < 4.78 is 5.38. The quantitative estimate of drug-likeness (QED) is 0.0255. The molecule has 0 aromatic rings. The minimum Gasteiger partial charge on any atom is -0.480 e. The fraction of sp³-hybridized carbons (Fsp3) is 0.881. The van der Waals surface area contributed by atoms with Crippen molar-refractivity contribution in [2.75, 3.05) is 50.9 Å². The van der Waals surface area contributed by atoms with Crippen LogP contribution in [0.4, 0.5) is 4.79 Å². The van der Waals surface area contributed by atoms with Crippen LogP contribution < -0.4 is 49.1 Å². The molecule has 0 fully saturated rings. The Morgan fingerprint density at radius 2 is 0.785 bits per heavy atom. The smallest absolute Gasteiger partial charge is 0.407 e. The lowest BCUT2D eigenvalue weighted by Gasteiger charge is -2.26. The molecule has 0 radical (unpaired) electrons. The van der Waals surface area contributed by atoms with Crippen molar-refractivity contribution in [2.24, 2.45) is 17.2 Å². The van der Waals surface area contributed by atoms with E-state index in [0.29, 0.717) is 76.9 Å². The van der Waals surface area contributed by atoms with E-state index in [-0.39, 0.29) is 43.9 Å². The molecule has 0 saturated heterocycles. The Labute approximate surface area is 481 Å². The van der Waals surface area contributed by atoms with Gasteiger partial charge in [0.05, 0.1) is 13.2 Å². The molecule has 19 nitrogen and oxygen atoms in total. The number of nitrogens with one attached hydrogen (secondary N) is 6. The van der Waals surface area contributed by atoms with Gasteiger partial charge in [0.1, 0.15) is 30.2 Å². The minimum absolute atomic E-state index is 0.0964. The van der Waals surface area contributed by atoms with Crippen LogP contribution in [-0.4, -0.2) is 133 Å². The molecule has 0 aliphatic rings. The first-order valence-corrected chi connectivity index (χ1v) is 32.5. The molecular weight excluding hydrogens is 1030 g/mol. The zero-order valence-electron chi connectivity index (χ0n) is 49.5. The topological polar surface area (TPSA) is 319 Å². The fourth-order valence-corrected chi connectivity index (χ4v) is 10.1. The van der Waals surface area contributed by atoms with Crippen molar-refractivity contribution in [1.82, 2.24) is 31.9 Å². The van der Waals surface area contributed by atoms with Gasteiger partial charge in [-0.05, 0) is 90.3 Å². The number of carboxylic acids is 1. The average Bonchev–Trinajstić information content (AvgIpc) is 3.43. The standard InChI is InChI=1S/C59H115N9O10S/c1-3-5-7-9-11-13-15-17-19-21-23-25-27-35-44-78-59(77)63-43-45-79-47-52(64-53(70)39-28-26-24-22-20-18-16-14-12-10-8-6-4-2)57(74)68-51(46-69)56(73)66-48(36-29-32-40-60)54(71)65-49(37-30-33-41-61)55(72)67-50(58(75)76)38-31-34-42-62/h48-52,69H,3-47,60-62H2,1-2H3,(H,63,77)(H,64,70)(H,65,71)(H,66,73)(H,67,72)(H,68,74)(H,75,76). The number of aliphatic hydroxyl groups is 1. The first-order chi connectivity index (χ1) is 38.4. The summed E-state index contributed by atoms with van der Waals surface area (Å²) in [5, 5.41) is 36.2. The number of nitrogens with two attached hydrogens (primary N) is 3. The molecule has 5 unspecified atom stereocenters. The fourth-order valence-electron chi connectivity index (χ4n) is 9.25. The van der Waals surface area contributed by atoms with E-state index in [2.05, 4.69) is 45.7 Å². The lowest BCUT2D eigenvalue weighted by Crippen LogP contribution is -2.59. The number of carbonyl (C=O) groups is 7. The molecule has 79 heavy (non-hydrogen) atoms. The number of unbranched alkanes of at least 4 members (excludes halogenated alkanes) is 28. The van der Waals surface area contributed by atoms with Crippen molar-refractivity contribution in [3.63, 3.8) is 0 Å². The molecule has 20 heteroatoms. The molecule has 14 N–H and O–H groups in total. The Bertz CT molecular complexity index is 1550. The molecule has 6 amide bonds. The molecule has 0 aromatic carbocycles. The molecule has 0 rings (SSSR count). The Balaban J connectivity index is 5.57. The van der Waals surface area contributed by atoms with Crippen molar-refractivity contribution in [3.8, 4) is 0 Å². The zero-order valence-corrected chi connectivity index (χ0v) is 50.3. The summed E-state index contributed by atoms with van der Waals surface area (Å²) in [4.78, 5) is 92.9. The molecule has 0 spiro atoms. The lowest BCUT2D eigenvalue weighted by atomic mass is 10.0. The third-order valence-corrected chi connectivity index (χ3v) is 15.3. The molecule has 5 atom stereocenters. The van der Waals surface area contributed by atoms with Gasteiger partial charge in [-0.3, -0.25) is 24.0 Å². The Hall–Kier alpha value is -3.72. The maximum atomic E-state index is 13.9.